The first-order valence-electron chi connectivity index (χ1n) is 14.1. The summed E-state index contributed by atoms with van der Waals surface area (Å²) < 4.78 is 44.3. The largest absolute Gasteiger partial charge is 0.494 e. The number of anilines is 3. The number of hydrogen-bond acceptors (Lipinski definition) is 9. The first kappa shape index (κ1) is 31.8. The van der Waals surface area contributed by atoms with Crippen LogP contribution in [-0.4, -0.2) is 70.0 Å². The fourth-order valence-corrected chi connectivity index (χ4v) is 4.75. The number of aromatic nitrogens is 5. The number of rotatable bonds is 11. The lowest BCUT2D eigenvalue weighted by Gasteiger charge is -2.16. The number of nitrogens with zero attached hydrogens (tertiary/aromatic N) is 6. The van der Waals surface area contributed by atoms with Crippen molar-refractivity contribution < 1.29 is 23.0 Å². The number of benzene rings is 2. The molecule has 0 atom stereocenters. The molecule has 0 aliphatic rings. The summed E-state index contributed by atoms with van der Waals surface area (Å²) in [5.41, 5.74) is -0.338. The Balaban J connectivity index is 1.63. The quantitative estimate of drug-likeness (QED) is 0.205. The molecule has 3 aromatic heterocycles. The number of carbonyl (C=O) groups excluding carboxylic acids is 1. The van der Waals surface area contributed by atoms with Gasteiger partial charge in [0.15, 0.2) is 29.0 Å². The molecule has 2 aromatic carbocycles. The number of pyridine rings is 1. The third-order valence-corrected chi connectivity index (χ3v) is 6.90. The Morgan fingerprint density at radius 3 is 2.46 bits per heavy atom. The predicted molar refractivity (Wildman–Crippen MR) is 171 cm³/mol. The lowest BCUT2D eigenvalue weighted by Crippen LogP contribution is -2.24. The number of hydrogen-bond donors (Lipinski definition) is 2. The second kappa shape index (κ2) is 13.6. The van der Waals surface area contributed by atoms with Crippen molar-refractivity contribution in [3.8, 4) is 22.6 Å². The number of aryl methyl sites for hydroxylation is 1. The highest BCUT2D eigenvalue weighted by Crippen LogP contribution is 2.37. The topological polar surface area (TPSA) is 128 Å². The van der Waals surface area contributed by atoms with Crippen LogP contribution in [0.15, 0.2) is 71.8 Å². The molecule has 5 aromatic rings. The van der Waals surface area contributed by atoms with E-state index in [1.54, 1.807) is 54.3 Å². The standard InChI is InChI=1S/C32H32F2N8O4/c1-40(2)12-7-10-26(43)36-21-9-6-8-19(14-21)18-42-30-20(17-35-32(38-30)37-25-11-13-41(3)39-25)15-22(31(42)44)27-28(33)23(45-4)16-24(46-5)29(27)34/h6-11,13-17H,12,18H2,1-5H3,(H,36,43)(H,35,37,38,39)/b10-7+. The summed E-state index contributed by atoms with van der Waals surface area (Å²) in [5, 5.41) is 10.4. The molecule has 0 unspecified atom stereocenters. The minimum absolute atomic E-state index is 0.0618. The molecule has 0 fully saturated rings. The highest BCUT2D eigenvalue weighted by atomic mass is 19.1. The third-order valence-electron chi connectivity index (χ3n) is 6.90. The summed E-state index contributed by atoms with van der Waals surface area (Å²) >= 11 is 0. The van der Waals surface area contributed by atoms with E-state index in [4.69, 9.17) is 9.47 Å². The van der Waals surface area contributed by atoms with Crippen LogP contribution in [0.5, 0.6) is 11.5 Å². The molecule has 0 saturated heterocycles. The average Bonchev–Trinajstić information content (AvgIpc) is 3.43. The van der Waals surface area contributed by atoms with E-state index < -0.39 is 22.8 Å². The van der Waals surface area contributed by atoms with Crippen LogP contribution >= 0.6 is 0 Å². The second-order valence-corrected chi connectivity index (χ2v) is 10.6. The summed E-state index contributed by atoms with van der Waals surface area (Å²) in [7, 11) is 8.00. The Morgan fingerprint density at radius 2 is 1.80 bits per heavy atom. The third kappa shape index (κ3) is 6.86. The zero-order valence-electron chi connectivity index (χ0n) is 25.8. The molecule has 0 bridgehead atoms. The molecule has 1 amide bonds. The van der Waals surface area contributed by atoms with Crippen molar-refractivity contribution >= 4 is 34.4 Å². The Kier molecular flexibility index (Phi) is 9.37. The summed E-state index contributed by atoms with van der Waals surface area (Å²) in [6.07, 6.45) is 6.35. The lowest BCUT2D eigenvalue weighted by atomic mass is 10.0. The van der Waals surface area contributed by atoms with Crippen LogP contribution in [0.2, 0.25) is 0 Å². The highest BCUT2D eigenvalue weighted by Gasteiger charge is 2.25. The van der Waals surface area contributed by atoms with Gasteiger partial charge in [0.05, 0.1) is 31.9 Å². The summed E-state index contributed by atoms with van der Waals surface area (Å²) in [5.74, 6) is -2.42. The number of fused-ring (bicyclic) bond motifs is 1. The van der Waals surface area contributed by atoms with Gasteiger partial charge in [-0.25, -0.2) is 13.8 Å². The van der Waals surface area contributed by atoms with Crippen molar-refractivity contribution in [3.63, 3.8) is 0 Å². The minimum Gasteiger partial charge on any atom is -0.494 e. The van der Waals surface area contributed by atoms with Gasteiger partial charge in [-0.2, -0.15) is 10.1 Å². The molecule has 0 aliphatic heterocycles. The molecule has 46 heavy (non-hydrogen) atoms. The van der Waals surface area contributed by atoms with E-state index in [0.717, 1.165) is 6.07 Å². The van der Waals surface area contributed by atoms with E-state index in [-0.39, 0.29) is 41.1 Å². The van der Waals surface area contributed by atoms with E-state index >= 15 is 8.78 Å². The van der Waals surface area contributed by atoms with Crippen LogP contribution in [0.25, 0.3) is 22.2 Å². The number of amides is 1. The molecule has 0 saturated carbocycles. The van der Waals surface area contributed by atoms with Crippen molar-refractivity contribution in [2.75, 3.05) is 45.5 Å². The fraction of sp³-hybridized carbons (Fsp3) is 0.219. The average molecular weight is 631 g/mol. The van der Waals surface area contributed by atoms with Gasteiger partial charge in [-0.3, -0.25) is 18.8 Å². The molecule has 5 rings (SSSR count). The van der Waals surface area contributed by atoms with Crippen molar-refractivity contribution in [3.05, 3.63) is 94.6 Å². The van der Waals surface area contributed by atoms with Gasteiger partial charge in [-0.1, -0.05) is 18.2 Å². The van der Waals surface area contributed by atoms with Crippen LogP contribution in [0.3, 0.4) is 0 Å². The highest BCUT2D eigenvalue weighted by molar-refractivity contribution is 5.99. The van der Waals surface area contributed by atoms with Crippen molar-refractivity contribution in [1.29, 1.82) is 0 Å². The Labute approximate surface area is 262 Å². The molecular weight excluding hydrogens is 598 g/mol. The van der Waals surface area contributed by atoms with Gasteiger partial charge < -0.3 is 25.0 Å². The second-order valence-electron chi connectivity index (χ2n) is 10.6. The number of ether oxygens (including phenoxy) is 2. The van der Waals surface area contributed by atoms with Gasteiger partial charge in [0.1, 0.15) is 5.65 Å². The molecule has 3 heterocycles. The monoisotopic (exact) mass is 630 g/mol. The van der Waals surface area contributed by atoms with Gasteiger partial charge in [-0.05, 0) is 37.9 Å². The Hall–Kier alpha value is -5.63. The van der Waals surface area contributed by atoms with E-state index in [2.05, 4.69) is 25.7 Å². The lowest BCUT2D eigenvalue weighted by molar-refractivity contribution is -0.111. The van der Waals surface area contributed by atoms with Crippen LogP contribution in [0.4, 0.5) is 26.2 Å². The van der Waals surface area contributed by atoms with Crippen LogP contribution in [-0.2, 0) is 18.4 Å². The minimum atomic E-state index is -1.06. The smallest absolute Gasteiger partial charge is 0.260 e. The van der Waals surface area contributed by atoms with Crippen LogP contribution in [0, 0.1) is 11.6 Å². The maximum atomic E-state index is 15.6. The van der Waals surface area contributed by atoms with Gasteiger partial charge in [0.25, 0.3) is 5.56 Å². The summed E-state index contributed by atoms with van der Waals surface area (Å²) in [6, 6.07) is 11.0. The summed E-state index contributed by atoms with van der Waals surface area (Å²) in [4.78, 5) is 37.5. The van der Waals surface area contributed by atoms with E-state index in [1.807, 2.05) is 19.0 Å². The Morgan fingerprint density at radius 1 is 1.07 bits per heavy atom. The summed E-state index contributed by atoms with van der Waals surface area (Å²) in [6.45, 7) is 0.535. The SMILES string of the molecule is COc1cc(OC)c(F)c(-c2cc3cnc(Nc4ccn(C)n4)nc3n(Cc3cccc(NC(=O)/C=C/CN(C)C)c3)c2=O)c1F. The van der Waals surface area contributed by atoms with Gasteiger partial charge in [-0.15, -0.1) is 0 Å². The van der Waals surface area contributed by atoms with Crippen molar-refractivity contribution in [2.45, 2.75) is 6.54 Å². The fourth-order valence-electron chi connectivity index (χ4n) is 4.75. The number of nitrogens with one attached hydrogen (secondary N) is 2. The molecule has 0 radical (unpaired) electrons. The zero-order valence-corrected chi connectivity index (χ0v) is 25.8. The number of methoxy groups -OCH3 is 2. The maximum Gasteiger partial charge on any atom is 0.260 e. The molecule has 14 heteroatoms. The van der Waals surface area contributed by atoms with E-state index in [9.17, 15) is 9.59 Å². The first-order valence-corrected chi connectivity index (χ1v) is 14.1. The predicted octanol–water partition coefficient (Wildman–Crippen LogP) is 4.34. The molecule has 12 nitrogen and oxygen atoms in total. The Bertz CT molecular complexity index is 1980. The van der Waals surface area contributed by atoms with Gasteiger partial charge >= 0.3 is 0 Å². The van der Waals surface area contributed by atoms with Crippen LogP contribution in [0.1, 0.15) is 5.56 Å². The first-order chi connectivity index (χ1) is 22.1. The molecule has 238 valence electrons. The normalized spacial score (nSPS) is 11.4. The zero-order chi connectivity index (χ0) is 33.0. The molecule has 0 aliphatic carbocycles. The van der Waals surface area contributed by atoms with Crippen LogP contribution < -0.4 is 25.7 Å². The molecule has 2 N–H and O–H groups in total. The van der Waals surface area contributed by atoms with Crippen molar-refractivity contribution in [1.82, 2.24) is 29.2 Å². The number of carbonyl (C=O) groups is 1. The van der Waals surface area contributed by atoms with Crippen molar-refractivity contribution in [2.24, 2.45) is 7.05 Å². The molecule has 0 spiro atoms. The van der Waals surface area contributed by atoms with Gasteiger partial charge in [0, 0.05) is 55.3 Å². The number of halogens is 2. The van der Waals surface area contributed by atoms with E-state index in [0.29, 0.717) is 29.0 Å². The van der Waals surface area contributed by atoms with E-state index in [1.165, 1.54) is 37.1 Å². The molecular formula is C32H32F2N8O4. The maximum absolute atomic E-state index is 15.6. The number of likely N-dealkylation sites (N-methyl/N-ethyl adjacent to an activating group) is 1. The van der Waals surface area contributed by atoms with Gasteiger partial charge in [0.2, 0.25) is 11.9 Å².